The maximum Gasteiger partial charge on any atom is 0.309 e. The Bertz CT molecular complexity index is 448. The molecule has 0 bridgehead atoms. The number of hydrogen-bond acceptors (Lipinski definition) is 6. The molecule has 1 aromatic rings. The van der Waals surface area contributed by atoms with Gasteiger partial charge in [-0.3, -0.25) is 14.6 Å². The Labute approximate surface area is 114 Å². The first-order valence-corrected chi connectivity index (χ1v) is 6.55. The summed E-state index contributed by atoms with van der Waals surface area (Å²) in [7, 11) is 0. The van der Waals surface area contributed by atoms with E-state index >= 15 is 0 Å². The van der Waals surface area contributed by atoms with Crippen LogP contribution in [0.25, 0.3) is 0 Å². The largest absolute Gasteiger partial charge is 0.481 e. The fourth-order valence-electron chi connectivity index (χ4n) is 1.39. The molecule has 0 spiro atoms. The van der Waals surface area contributed by atoms with Gasteiger partial charge in [0.25, 0.3) is 0 Å². The molecule has 0 radical (unpaired) electrons. The first-order chi connectivity index (χ1) is 8.90. The molecule has 7 heteroatoms. The molecule has 0 fully saturated rings. The maximum atomic E-state index is 10.8. The van der Waals surface area contributed by atoms with E-state index in [1.165, 1.54) is 25.3 Å². The monoisotopic (exact) mass is 285 g/mol. The third-order valence-corrected chi connectivity index (χ3v) is 3.26. The van der Waals surface area contributed by atoms with Gasteiger partial charge in [0.1, 0.15) is 6.10 Å². The van der Waals surface area contributed by atoms with Crippen LogP contribution in [0.4, 0.5) is 0 Å². The molecule has 1 rings (SSSR count). The number of hydrogen-bond donors (Lipinski definition) is 3. The van der Waals surface area contributed by atoms with Crippen molar-refractivity contribution >= 4 is 22.8 Å². The van der Waals surface area contributed by atoms with Crippen LogP contribution < -0.4 is 0 Å². The highest BCUT2D eigenvalue weighted by atomic mass is 32.2. The smallest absolute Gasteiger partial charge is 0.309 e. The Hall–Kier alpha value is -1.44. The molecule has 2 atom stereocenters. The molecule has 1 aromatic heterocycles. The van der Waals surface area contributed by atoms with E-state index in [2.05, 4.69) is 4.98 Å². The Morgan fingerprint density at radius 1 is 1.37 bits per heavy atom. The van der Waals surface area contributed by atoms with Crippen molar-refractivity contribution < 1.29 is 24.9 Å². The van der Waals surface area contributed by atoms with Gasteiger partial charge in [-0.1, -0.05) is 17.8 Å². The molecule has 3 N–H and O–H groups in total. The van der Waals surface area contributed by atoms with Gasteiger partial charge in [0.15, 0.2) is 5.12 Å². The first-order valence-electron chi connectivity index (χ1n) is 5.56. The van der Waals surface area contributed by atoms with Gasteiger partial charge in [-0.25, -0.2) is 0 Å². The van der Waals surface area contributed by atoms with Gasteiger partial charge in [0.05, 0.1) is 18.2 Å². The van der Waals surface area contributed by atoms with Crippen LogP contribution in [-0.2, 0) is 16.0 Å². The van der Waals surface area contributed by atoms with E-state index < -0.39 is 18.2 Å². The predicted octanol–water partition coefficient (Wildman–Crippen LogP) is 0.383. The van der Waals surface area contributed by atoms with Gasteiger partial charge in [-0.15, -0.1) is 0 Å². The minimum Gasteiger partial charge on any atom is -0.481 e. The molecule has 0 saturated carbocycles. The molecule has 0 saturated heterocycles. The summed E-state index contributed by atoms with van der Waals surface area (Å²) in [5, 5.41) is 28.0. The highest BCUT2D eigenvalue weighted by Gasteiger charge is 2.19. The van der Waals surface area contributed by atoms with Crippen LogP contribution >= 0.6 is 11.8 Å². The second kappa shape index (κ2) is 7.22. The number of carboxylic acid groups (broad SMARTS) is 1. The molecular formula is C12H15NO5S. The van der Waals surface area contributed by atoms with E-state index in [1.54, 1.807) is 0 Å². The summed E-state index contributed by atoms with van der Waals surface area (Å²) in [5.41, 5.74) is 0.752. The molecule has 0 aromatic carbocycles. The van der Waals surface area contributed by atoms with Crippen molar-refractivity contribution in [2.75, 3.05) is 5.75 Å². The third-order valence-electron chi connectivity index (χ3n) is 2.34. The number of aliphatic hydroxyl groups is 2. The standard InChI is InChI=1S/C12H15NO5S/c1-7(14)19-6-10(15)12(18)8-2-3-9(13-5-8)4-11(16)17/h2-3,5,10,12,15,18H,4,6H2,1H3,(H,16,17). The van der Waals surface area contributed by atoms with E-state index in [9.17, 15) is 19.8 Å². The number of pyridine rings is 1. The Morgan fingerprint density at radius 2 is 2.05 bits per heavy atom. The normalized spacial score (nSPS) is 13.8. The Kier molecular flexibility index (Phi) is 5.94. The zero-order valence-corrected chi connectivity index (χ0v) is 11.1. The van der Waals surface area contributed by atoms with Gasteiger partial charge in [-0.05, 0) is 6.07 Å². The number of carboxylic acids is 1. The molecular weight excluding hydrogens is 270 g/mol. The van der Waals surface area contributed by atoms with Crippen LogP contribution in [-0.4, -0.2) is 43.2 Å². The van der Waals surface area contributed by atoms with E-state index in [0.717, 1.165) is 11.8 Å². The molecule has 19 heavy (non-hydrogen) atoms. The summed E-state index contributed by atoms with van der Waals surface area (Å²) < 4.78 is 0. The number of carbonyl (C=O) groups is 2. The lowest BCUT2D eigenvalue weighted by Gasteiger charge is -2.17. The van der Waals surface area contributed by atoms with E-state index in [0.29, 0.717) is 11.3 Å². The van der Waals surface area contributed by atoms with Crippen LogP contribution in [0.1, 0.15) is 24.3 Å². The summed E-state index contributed by atoms with van der Waals surface area (Å²) in [5.74, 6) is -0.897. The molecule has 6 nitrogen and oxygen atoms in total. The third kappa shape index (κ3) is 5.37. The number of carbonyl (C=O) groups excluding carboxylic acids is 1. The Balaban J connectivity index is 2.63. The van der Waals surface area contributed by atoms with Crippen LogP contribution in [0.3, 0.4) is 0 Å². The van der Waals surface area contributed by atoms with Crippen LogP contribution in [0, 0.1) is 0 Å². The molecule has 0 amide bonds. The van der Waals surface area contributed by atoms with Crippen molar-refractivity contribution in [1.82, 2.24) is 4.98 Å². The Morgan fingerprint density at radius 3 is 2.53 bits per heavy atom. The van der Waals surface area contributed by atoms with Crippen molar-refractivity contribution in [1.29, 1.82) is 0 Å². The lowest BCUT2D eigenvalue weighted by molar-refractivity contribution is -0.136. The van der Waals surface area contributed by atoms with Crippen LogP contribution in [0.5, 0.6) is 0 Å². The summed E-state index contributed by atoms with van der Waals surface area (Å²) in [6.07, 6.45) is -1.11. The van der Waals surface area contributed by atoms with Gasteiger partial charge >= 0.3 is 5.97 Å². The number of rotatable bonds is 6. The lowest BCUT2D eigenvalue weighted by atomic mass is 10.1. The topological polar surface area (TPSA) is 108 Å². The fraction of sp³-hybridized carbons (Fsp3) is 0.417. The average Bonchev–Trinajstić information content (AvgIpc) is 2.35. The minimum absolute atomic E-state index is 0.0907. The van der Waals surface area contributed by atoms with Gasteiger partial charge in [0.2, 0.25) is 0 Å². The van der Waals surface area contributed by atoms with E-state index in [4.69, 9.17) is 5.11 Å². The summed E-state index contributed by atoms with van der Waals surface area (Å²) >= 11 is 0.927. The van der Waals surface area contributed by atoms with Crippen molar-refractivity contribution in [3.05, 3.63) is 29.6 Å². The van der Waals surface area contributed by atoms with Crippen molar-refractivity contribution in [2.45, 2.75) is 25.6 Å². The minimum atomic E-state index is -1.15. The first kappa shape index (κ1) is 15.6. The van der Waals surface area contributed by atoms with E-state index in [1.807, 2.05) is 0 Å². The molecule has 104 valence electrons. The van der Waals surface area contributed by atoms with Crippen molar-refractivity contribution in [3.8, 4) is 0 Å². The summed E-state index contributed by atoms with van der Waals surface area (Å²) in [4.78, 5) is 25.1. The highest BCUT2D eigenvalue weighted by Crippen LogP contribution is 2.19. The zero-order valence-electron chi connectivity index (χ0n) is 10.3. The fourth-order valence-corrected chi connectivity index (χ4v) is 1.97. The van der Waals surface area contributed by atoms with Gasteiger partial charge in [0, 0.05) is 24.4 Å². The van der Waals surface area contributed by atoms with E-state index in [-0.39, 0.29) is 17.3 Å². The maximum absolute atomic E-state index is 10.8. The number of aliphatic carboxylic acids is 1. The van der Waals surface area contributed by atoms with Crippen LogP contribution in [0.2, 0.25) is 0 Å². The molecule has 0 aliphatic heterocycles. The summed E-state index contributed by atoms with van der Waals surface area (Å²) in [6.45, 7) is 1.38. The van der Waals surface area contributed by atoms with Crippen LogP contribution in [0.15, 0.2) is 18.3 Å². The molecule has 0 aliphatic rings. The number of thioether (sulfide) groups is 1. The predicted molar refractivity (Wildman–Crippen MR) is 69.7 cm³/mol. The second-order valence-corrected chi connectivity index (χ2v) is 5.17. The molecule has 2 unspecified atom stereocenters. The number of aliphatic hydroxyl groups excluding tert-OH is 2. The summed E-state index contributed by atoms with van der Waals surface area (Å²) in [6, 6.07) is 3.00. The van der Waals surface area contributed by atoms with Crippen molar-refractivity contribution in [2.24, 2.45) is 0 Å². The average molecular weight is 285 g/mol. The number of nitrogens with zero attached hydrogens (tertiary/aromatic N) is 1. The van der Waals surface area contributed by atoms with Gasteiger partial charge in [-0.2, -0.15) is 0 Å². The van der Waals surface area contributed by atoms with Gasteiger partial charge < -0.3 is 15.3 Å². The van der Waals surface area contributed by atoms with Crippen molar-refractivity contribution in [3.63, 3.8) is 0 Å². The molecule has 0 aliphatic carbocycles. The molecule has 1 heterocycles. The quantitative estimate of drug-likeness (QED) is 0.693. The second-order valence-electron chi connectivity index (χ2n) is 3.97. The number of aromatic nitrogens is 1. The lowest BCUT2D eigenvalue weighted by Crippen LogP contribution is -2.21. The highest BCUT2D eigenvalue weighted by molar-refractivity contribution is 8.13. The SMILES string of the molecule is CC(=O)SCC(O)C(O)c1ccc(CC(=O)O)nc1. The zero-order chi connectivity index (χ0) is 14.4.